The first-order valence-corrected chi connectivity index (χ1v) is 7.59. The fourth-order valence-electron chi connectivity index (χ4n) is 2.82. The summed E-state index contributed by atoms with van der Waals surface area (Å²) in [5, 5.41) is 17.1. The van der Waals surface area contributed by atoms with Crippen molar-refractivity contribution in [3.05, 3.63) is 47.8 Å². The Morgan fingerprint density at radius 3 is 2.75 bits per heavy atom. The van der Waals surface area contributed by atoms with Crippen LogP contribution in [0.3, 0.4) is 0 Å². The highest BCUT2D eigenvalue weighted by Crippen LogP contribution is 2.22. The van der Waals surface area contributed by atoms with Gasteiger partial charge in [-0.1, -0.05) is 35.5 Å². The van der Waals surface area contributed by atoms with E-state index in [9.17, 15) is 14.7 Å². The summed E-state index contributed by atoms with van der Waals surface area (Å²) in [6, 6.07) is 8.77. The van der Waals surface area contributed by atoms with E-state index in [4.69, 9.17) is 4.74 Å². The molecule has 2 atom stereocenters. The first-order valence-electron chi connectivity index (χ1n) is 7.59. The van der Waals surface area contributed by atoms with Crippen LogP contribution in [0, 0.1) is 0 Å². The number of rotatable bonds is 5. The van der Waals surface area contributed by atoms with Crippen LogP contribution in [0.25, 0.3) is 0 Å². The number of hydrogen-bond donors (Lipinski definition) is 1. The number of benzene rings is 1. The number of aromatic nitrogens is 3. The number of nitrogens with zero attached hydrogens (tertiary/aromatic N) is 4. The van der Waals surface area contributed by atoms with Gasteiger partial charge in [-0.3, -0.25) is 4.79 Å². The van der Waals surface area contributed by atoms with Crippen LogP contribution in [0.5, 0.6) is 0 Å². The summed E-state index contributed by atoms with van der Waals surface area (Å²) < 4.78 is 6.75. The molecule has 1 aliphatic heterocycles. The second kappa shape index (κ2) is 6.79. The molecule has 0 radical (unpaired) electrons. The minimum absolute atomic E-state index is 0.133. The number of carbonyl (C=O) groups excluding carboxylic acids is 1. The molecule has 1 saturated heterocycles. The number of hydrogen-bond acceptors (Lipinski definition) is 5. The van der Waals surface area contributed by atoms with Crippen molar-refractivity contribution in [2.45, 2.75) is 25.1 Å². The number of aliphatic carboxylic acids is 1. The quantitative estimate of drug-likeness (QED) is 0.864. The van der Waals surface area contributed by atoms with E-state index in [-0.39, 0.29) is 24.8 Å². The zero-order chi connectivity index (χ0) is 17.1. The van der Waals surface area contributed by atoms with Gasteiger partial charge in [-0.25, -0.2) is 9.48 Å². The predicted molar refractivity (Wildman–Crippen MR) is 83.4 cm³/mol. The van der Waals surface area contributed by atoms with Crippen LogP contribution in [0.15, 0.2) is 36.5 Å². The minimum atomic E-state index is -1.04. The second-order valence-corrected chi connectivity index (χ2v) is 5.69. The number of carboxylic acids is 1. The molecule has 1 amide bonds. The van der Waals surface area contributed by atoms with Crippen molar-refractivity contribution < 1.29 is 19.4 Å². The summed E-state index contributed by atoms with van der Waals surface area (Å²) >= 11 is 0. The molecule has 24 heavy (non-hydrogen) atoms. The molecule has 2 unspecified atom stereocenters. The number of carboxylic acid groups (broad SMARTS) is 1. The van der Waals surface area contributed by atoms with Gasteiger partial charge in [-0.15, -0.1) is 5.10 Å². The highest BCUT2D eigenvalue weighted by atomic mass is 16.5. The van der Waals surface area contributed by atoms with Gasteiger partial charge in [0.2, 0.25) is 0 Å². The zero-order valence-electron chi connectivity index (χ0n) is 13.2. The Kier molecular flexibility index (Phi) is 4.57. The minimum Gasteiger partial charge on any atom is -0.480 e. The molecule has 8 nitrogen and oxygen atoms in total. The fraction of sp³-hybridized carbons (Fsp3) is 0.375. The van der Waals surface area contributed by atoms with E-state index in [2.05, 4.69) is 10.3 Å². The van der Waals surface area contributed by atoms with Crippen molar-refractivity contribution in [1.82, 2.24) is 19.9 Å². The first-order chi connectivity index (χ1) is 11.6. The van der Waals surface area contributed by atoms with Gasteiger partial charge in [-0.05, 0) is 5.56 Å². The van der Waals surface area contributed by atoms with E-state index in [0.29, 0.717) is 6.54 Å². The molecule has 8 heteroatoms. The number of methoxy groups -OCH3 is 1. The highest BCUT2D eigenvalue weighted by Gasteiger charge is 2.40. The number of carbonyl (C=O) groups is 2. The smallest absolute Gasteiger partial charge is 0.326 e. The average Bonchev–Trinajstić information content (AvgIpc) is 3.22. The Morgan fingerprint density at radius 2 is 2.08 bits per heavy atom. The molecule has 1 N–H and O–H groups in total. The molecular formula is C16H18N4O4. The summed E-state index contributed by atoms with van der Waals surface area (Å²) in [5.41, 5.74) is 1.17. The van der Waals surface area contributed by atoms with Crippen LogP contribution < -0.4 is 0 Å². The number of ether oxygens (including phenoxy) is 1. The van der Waals surface area contributed by atoms with Crippen molar-refractivity contribution in [3.8, 4) is 0 Å². The van der Waals surface area contributed by atoms with Gasteiger partial charge < -0.3 is 14.7 Å². The molecule has 0 spiro atoms. The van der Waals surface area contributed by atoms with Gasteiger partial charge >= 0.3 is 5.97 Å². The molecule has 1 aromatic heterocycles. The molecule has 1 fully saturated rings. The highest BCUT2D eigenvalue weighted by molar-refractivity contribution is 5.95. The van der Waals surface area contributed by atoms with Crippen molar-refractivity contribution in [2.24, 2.45) is 0 Å². The van der Waals surface area contributed by atoms with E-state index < -0.39 is 17.9 Å². The van der Waals surface area contributed by atoms with Gasteiger partial charge in [0.1, 0.15) is 6.04 Å². The molecule has 2 aromatic rings. The van der Waals surface area contributed by atoms with Gasteiger partial charge in [0.15, 0.2) is 5.69 Å². The van der Waals surface area contributed by atoms with E-state index in [1.165, 1.54) is 18.2 Å². The normalized spacial score (nSPS) is 20.3. The van der Waals surface area contributed by atoms with Crippen LogP contribution in [-0.4, -0.2) is 62.7 Å². The van der Waals surface area contributed by atoms with Crippen molar-refractivity contribution in [3.63, 3.8) is 0 Å². The van der Waals surface area contributed by atoms with Gasteiger partial charge in [-0.2, -0.15) is 0 Å². The topological polar surface area (TPSA) is 97.6 Å². The lowest BCUT2D eigenvalue weighted by molar-refractivity contribution is -0.141. The summed E-state index contributed by atoms with van der Waals surface area (Å²) in [6.07, 6.45) is 1.53. The molecule has 126 valence electrons. The maximum absolute atomic E-state index is 12.6. The number of amides is 1. The largest absolute Gasteiger partial charge is 0.480 e. The molecule has 0 bridgehead atoms. The summed E-state index contributed by atoms with van der Waals surface area (Å²) in [4.78, 5) is 25.2. The van der Waals surface area contributed by atoms with Gasteiger partial charge in [0.05, 0.1) is 18.8 Å². The summed E-state index contributed by atoms with van der Waals surface area (Å²) in [7, 11) is 1.51. The van der Waals surface area contributed by atoms with Crippen molar-refractivity contribution in [1.29, 1.82) is 0 Å². The van der Waals surface area contributed by atoms with Crippen LogP contribution >= 0.6 is 0 Å². The predicted octanol–water partition coefficient (Wildman–Crippen LogP) is 0.640. The Balaban J connectivity index is 1.74. The lowest BCUT2D eigenvalue weighted by atomic mass is 10.2. The van der Waals surface area contributed by atoms with E-state index >= 15 is 0 Å². The molecule has 0 aliphatic carbocycles. The van der Waals surface area contributed by atoms with Crippen LogP contribution in [0.4, 0.5) is 0 Å². The van der Waals surface area contributed by atoms with E-state index in [0.717, 1.165) is 5.56 Å². The van der Waals surface area contributed by atoms with Crippen LogP contribution in [0.2, 0.25) is 0 Å². The number of likely N-dealkylation sites (tertiary alicyclic amines) is 1. The molecule has 3 rings (SSSR count). The Labute approximate surface area is 138 Å². The molecule has 1 aromatic carbocycles. The summed E-state index contributed by atoms with van der Waals surface area (Å²) in [6.45, 7) is 0.724. The fourth-order valence-corrected chi connectivity index (χ4v) is 2.82. The molecule has 2 heterocycles. The third kappa shape index (κ3) is 3.28. The molecule has 1 aliphatic rings. The Morgan fingerprint density at radius 1 is 1.33 bits per heavy atom. The lowest BCUT2D eigenvalue weighted by Crippen LogP contribution is -2.40. The third-order valence-corrected chi connectivity index (χ3v) is 4.09. The first kappa shape index (κ1) is 16.1. The second-order valence-electron chi connectivity index (χ2n) is 5.69. The maximum atomic E-state index is 12.6. The molecule has 0 saturated carbocycles. The lowest BCUT2D eigenvalue weighted by Gasteiger charge is -2.19. The van der Waals surface area contributed by atoms with E-state index in [1.807, 2.05) is 30.3 Å². The van der Waals surface area contributed by atoms with Crippen LogP contribution in [0.1, 0.15) is 22.5 Å². The van der Waals surface area contributed by atoms with E-state index in [1.54, 1.807) is 4.68 Å². The van der Waals surface area contributed by atoms with Gasteiger partial charge in [0.25, 0.3) is 5.91 Å². The zero-order valence-corrected chi connectivity index (χ0v) is 13.2. The van der Waals surface area contributed by atoms with Gasteiger partial charge in [0, 0.05) is 20.1 Å². The van der Waals surface area contributed by atoms with Crippen LogP contribution in [-0.2, 0) is 16.1 Å². The standard InChI is InChI=1S/C16H18N4O4/c1-24-12-7-14(16(22)23)20(9-12)15(21)13-10-19(18-17-13)8-11-5-3-2-4-6-11/h2-6,10,12,14H,7-9H2,1H3,(H,22,23). The Bertz CT molecular complexity index is 731. The van der Waals surface area contributed by atoms with Crippen molar-refractivity contribution >= 4 is 11.9 Å². The Hall–Kier alpha value is -2.74. The van der Waals surface area contributed by atoms with Crippen molar-refractivity contribution in [2.75, 3.05) is 13.7 Å². The summed E-state index contributed by atoms with van der Waals surface area (Å²) in [5.74, 6) is -1.49. The third-order valence-electron chi connectivity index (χ3n) is 4.09. The average molecular weight is 330 g/mol. The maximum Gasteiger partial charge on any atom is 0.326 e. The molecular weight excluding hydrogens is 312 g/mol. The monoisotopic (exact) mass is 330 g/mol. The SMILES string of the molecule is COC1CC(C(=O)O)N(C(=O)c2cn(Cc3ccccc3)nn2)C1.